The summed E-state index contributed by atoms with van der Waals surface area (Å²) in [5, 5.41) is 9.27. The number of ketones is 1. The molecule has 1 aromatic rings. The maximum Gasteiger partial charge on any atom is 0.328 e. The van der Waals surface area contributed by atoms with E-state index in [0.29, 0.717) is 24.8 Å². The SMILES string of the molecule is CC(C)Cc1c(F)cc(C(=O)CCCC[C@H](N=C(N)N)C(=O)O)cc1Cl. The van der Waals surface area contributed by atoms with E-state index in [4.69, 9.17) is 28.2 Å². The lowest BCUT2D eigenvalue weighted by Crippen LogP contribution is -2.28. The van der Waals surface area contributed by atoms with Gasteiger partial charge in [0.25, 0.3) is 0 Å². The van der Waals surface area contributed by atoms with Gasteiger partial charge in [-0.05, 0) is 37.3 Å². The molecule has 0 aliphatic carbocycles. The standard InChI is InChI=1S/C18H25ClFN3O3/c1-10(2)7-12-13(19)8-11(9-14(12)20)16(24)6-4-3-5-15(17(25)26)23-18(21)22/h8-10,15H,3-7H2,1-2H3,(H,25,26)(H4,21,22,23)/t15-/m0/s1. The Hall–Kier alpha value is -2.15. The van der Waals surface area contributed by atoms with Crippen molar-refractivity contribution in [2.24, 2.45) is 22.4 Å². The molecule has 0 saturated heterocycles. The highest BCUT2D eigenvalue weighted by Crippen LogP contribution is 2.25. The van der Waals surface area contributed by atoms with Gasteiger partial charge < -0.3 is 16.6 Å². The Morgan fingerprint density at radius 2 is 1.92 bits per heavy atom. The van der Waals surface area contributed by atoms with E-state index < -0.39 is 17.8 Å². The molecule has 0 amide bonds. The number of rotatable bonds is 10. The van der Waals surface area contributed by atoms with E-state index in [1.165, 1.54) is 12.1 Å². The summed E-state index contributed by atoms with van der Waals surface area (Å²) in [5.74, 6) is -1.89. The third kappa shape index (κ3) is 7.00. The van der Waals surface area contributed by atoms with Gasteiger partial charge in [-0.15, -0.1) is 0 Å². The number of nitrogens with two attached hydrogens (primary N) is 2. The summed E-state index contributed by atoms with van der Waals surface area (Å²) in [7, 11) is 0. The van der Waals surface area contributed by atoms with Gasteiger partial charge in [0.1, 0.15) is 5.82 Å². The Morgan fingerprint density at radius 1 is 1.27 bits per heavy atom. The molecule has 0 bridgehead atoms. The molecule has 1 atom stereocenters. The van der Waals surface area contributed by atoms with Crippen LogP contribution < -0.4 is 11.5 Å². The summed E-state index contributed by atoms with van der Waals surface area (Å²) in [6.07, 6.45) is 1.76. The van der Waals surface area contributed by atoms with Crippen LogP contribution in [0.2, 0.25) is 5.02 Å². The summed E-state index contributed by atoms with van der Waals surface area (Å²) in [4.78, 5) is 26.9. The van der Waals surface area contributed by atoms with Crippen LogP contribution >= 0.6 is 11.6 Å². The first-order chi connectivity index (χ1) is 12.1. The fraction of sp³-hybridized carbons (Fsp3) is 0.500. The fourth-order valence-electron chi connectivity index (χ4n) is 2.56. The van der Waals surface area contributed by atoms with Crippen LogP contribution in [0.5, 0.6) is 0 Å². The largest absolute Gasteiger partial charge is 0.480 e. The number of Topliss-reactive ketones (excluding diaryl/α,β-unsaturated/α-hetero) is 1. The second-order valence-corrected chi connectivity index (χ2v) is 7.00. The molecule has 1 rings (SSSR count). The first-order valence-electron chi connectivity index (χ1n) is 8.44. The Kier molecular flexibility index (Phi) is 8.51. The molecule has 0 saturated carbocycles. The lowest BCUT2D eigenvalue weighted by molar-refractivity contribution is -0.138. The molecule has 26 heavy (non-hydrogen) atoms. The molecule has 0 heterocycles. The van der Waals surface area contributed by atoms with Crippen molar-refractivity contribution in [2.45, 2.75) is 52.0 Å². The number of halogens is 2. The zero-order valence-electron chi connectivity index (χ0n) is 15.0. The normalized spacial score (nSPS) is 12.0. The molecule has 0 radical (unpaired) electrons. The quantitative estimate of drug-likeness (QED) is 0.247. The maximum atomic E-state index is 14.2. The van der Waals surface area contributed by atoms with Gasteiger partial charge in [0, 0.05) is 22.6 Å². The molecule has 1 aromatic carbocycles. The first kappa shape index (κ1) is 21.9. The van der Waals surface area contributed by atoms with Gasteiger partial charge in [0.15, 0.2) is 17.8 Å². The molecule has 144 valence electrons. The van der Waals surface area contributed by atoms with Crippen LogP contribution in [0.25, 0.3) is 0 Å². The van der Waals surface area contributed by atoms with Gasteiger partial charge in [0.2, 0.25) is 0 Å². The zero-order valence-corrected chi connectivity index (χ0v) is 15.7. The number of guanidine groups is 1. The van der Waals surface area contributed by atoms with E-state index in [9.17, 15) is 14.0 Å². The highest BCUT2D eigenvalue weighted by atomic mass is 35.5. The number of unbranched alkanes of at least 4 members (excludes halogenated alkanes) is 1. The molecule has 0 aliphatic rings. The summed E-state index contributed by atoms with van der Waals surface area (Å²) in [6.45, 7) is 3.92. The molecule has 0 aromatic heterocycles. The molecule has 0 fully saturated rings. The average Bonchev–Trinajstić information content (AvgIpc) is 2.52. The number of benzene rings is 1. The number of carbonyl (C=O) groups is 2. The number of carboxylic acids is 1. The smallest absolute Gasteiger partial charge is 0.328 e. The number of aliphatic imine (C=N–C) groups is 1. The van der Waals surface area contributed by atoms with Crippen LogP contribution in [0.4, 0.5) is 4.39 Å². The van der Waals surface area contributed by atoms with Gasteiger partial charge in [-0.3, -0.25) is 4.79 Å². The van der Waals surface area contributed by atoms with Gasteiger partial charge in [-0.2, -0.15) is 0 Å². The summed E-state index contributed by atoms with van der Waals surface area (Å²) >= 11 is 6.11. The lowest BCUT2D eigenvalue weighted by atomic mass is 9.98. The van der Waals surface area contributed by atoms with Crippen LogP contribution in [-0.4, -0.2) is 28.9 Å². The van der Waals surface area contributed by atoms with E-state index in [-0.39, 0.29) is 41.1 Å². The van der Waals surface area contributed by atoms with Crippen LogP contribution in [0, 0.1) is 11.7 Å². The molecule has 0 spiro atoms. The van der Waals surface area contributed by atoms with Crippen molar-refractivity contribution in [3.8, 4) is 0 Å². The van der Waals surface area contributed by atoms with Gasteiger partial charge in [-0.1, -0.05) is 31.9 Å². The molecule has 6 nitrogen and oxygen atoms in total. The highest BCUT2D eigenvalue weighted by Gasteiger charge is 2.17. The Morgan fingerprint density at radius 3 is 2.42 bits per heavy atom. The lowest BCUT2D eigenvalue weighted by Gasteiger charge is -2.11. The van der Waals surface area contributed by atoms with Crippen molar-refractivity contribution in [2.75, 3.05) is 0 Å². The summed E-state index contributed by atoms with van der Waals surface area (Å²) in [6, 6.07) is 1.67. The predicted octanol–water partition coefficient (Wildman–Crippen LogP) is 3.15. The molecule has 0 unspecified atom stereocenters. The van der Waals surface area contributed by atoms with E-state index in [2.05, 4.69) is 4.99 Å². The number of aliphatic carboxylic acids is 1. The van der Waals surface area contributed by atoms with Crippen LogP contribution in [0.15, 0.2) is 17.1 Å². The summed E-state index contributed by atoms with van der Waals surface area (Å²) < 4.78 is 14.2. The number of hydrogen-bond donors (Lipinski definition) is 3. The molecular weight excluding hydrogens is 361 g/mol. The van der Waals surface area contributed by atoms with Crippen LogP contribution in [0.1, 0.15) is 55.5 Å². The van der Waals surface area contributed by atoms with Crippen molar-refractivity contribution >= 4 is 29.3 Å². The van der Waals surface area contributed by atoms with Crippen molar-refractivity contribution in [1.82, 2.24) is 0 Å². The second-order valence-electron chi connectivity index (χ2n) is 6.59. The predicted molar refractivity (Wildman–Crippen MR) is 100.0 cm³/mol. The van der Waals surface area contributed by atoms with Crippen LogP contribution in [-0.2, 0) is 11.2 Å². The fourth-order valence-corrected chi connectivity index (χ4v) is 2.84. The third-order valence-corrected chi connectivity index (χ3v) is 4.13. The van der Waals surface area contributed by atoms with E-state index >= 15 is 0 Å². The topological polar surface area (TPSA) is 119 Å². The van der Waals surface area contributed by atoms with Gasteiger partial charge >= 0.3 is 5.97 Å². The van der Waals surface area contributed by atoms with E-state index in [1.807, 2.05) is 13.8 Å². The van der Waals surface area contributed by atoms with Crippen molar-refractivity contribution < 1.29 is 19.1 Å². The van der Waals surface area contributed by atoms with E-state index in [0.717, 1.165) is 0 Å². The van der Waals surface area contributed by atoms with Gasteiger partial charge in [-0.25, -0.2) is 14.2 Å². The van der Waals surface area contributed by atoms with E-state index in [1.54, 1.807) is 0 Å². The van der Waals surface area contributed by atoms with Crippen molar-refractivity contribution in [1.29, 1.82) is 0 Å². The minimum Gasteiger partial charge on any atom is -0.480 e. The van der Waals surface area contributed by atoms with Crippen molar-refractivity contribution in [3.63, 3.8) is 0 Å². The molecule has 0 aliphatic heterocycles. The molecule has 8 heteroatoms. The number of nitrogens with zero attached hydrogens (tertiary/aromatic N) is 1. The maximum absolute atomic E-state index is 14.2. The molecular formula is C18H25ClFN3O3. The number of hydrogen-bond acceptors (Lipinski definition) is 3. The first-order valence-corrected chi connectivity index (χ1v) is 8.82. The minimum absolute atomic E-state index is 0.160. The second kappa shape index (κ2) is 10.1. The van der Waals surface area contributed by atoms with Crippen molar-refractivity contribution in [3.05, 3.63) is 34.1 Å². The molecule has 5 N–H and O–H groups in total. The average molecular weight is 386 g/mol. The Bertz CT molecular complexity index is 665. The Labute approximate surface area is 157 Å². The third-order valence-electron chi connectivity index (χ3n) is 3.80. The minimum atomic E-state index is -1.13. The van der Waals surface area contributed by atoms with Crippen LogP contribution in [0.3, 0.4) is 0 Å². The monoisotopic (exact) mass is 385 g/mol. The highest BCUT2D eigenvalue weighted by molar-refractivity contribution is 6.31. The number of carboxylic acid groups (broad SMARTS) is 1. The Balaban J connectivity index is 2.63. The zero-order chi connectivity index (χ0) is 19.9. The van der Waals surface area contributed by atoms with Gasteiger partial charge in [0.05, 0.1) is 0 Å². The number of carbonyl (C=O) groups excluding carboxylic acids is 1. The summed E-state index contributed by atoms with van der Waals surface area (Å²) in [5.41, 5.74) is 11.0.